The zero-order chi connectivity index (χ0) is 29.9. The molecule has 0 fully saturated rings. The van der Waals surface area contributed by atoms with Crippen LogP contribution >= 0.6 is 0 Å². The van der Waals surface area contributed by atoms with Crippen LogP contribution in [-0.4, -0.2) is 26.3 Å². The number of carbonyl (C=O) groups is 1. The van der Waals surface area contributed by atoms with E-state index in [0.29, 0.717) is 17.8 Å². The van der Waals surface area contributed by atoms with Crippen molar-refractivity contribution in [2.45, 2.75) is 37.5 Å². The number of fused-ring (bicyclic) bond motifs is 1. The molecule has 4 aromatic carbocycles. The molecule has 0 aliphatic heterocycles. The summed E-state index contributed by atoms with van der Waals surface area (Å²) >= 11 is 0. The van der Waals surface area contributed by atoms with E-state index in [1.54, 1.807) is 43.5 Å². The number of anilines is 1. The summed E-state index contributed by atoms with van der Waals surface area (Å²) in [6.45, 7) is 6.25. The Morgan fingerprint density at radius 3 is 2.33 bits per heavy atom. The number of benzene rings is 4. The number of ether oxygens (including phenoxy) is 1. The van der Waals surface area contributed by atoms with Gasteiger partial charge in [-0.2, -0.15) is 0 Å². The first-order valence-electron chi connectivity index (χ1n) is 13.7. The van der Waals surface area contributed by atoms with Gasteiger partial charge in [-0.15, -0.1) is 0 Å². The SMILES string of the molecule is COc1cccc(C/C=C/C(=O)c2[nH]c3ccc(NS(=O)(=O)c4ccc(C(C)(C)C)cc4)cc3c2-c2ccccc2)c1. The monoisotopic (exact) mass is 578 g/mol. The summed E-state index contributed by atoms with van der Waals surface area (Å²) in [5.74, 6) is 0.594. The highest BCUT2D eigenvalue weighted by Crippen LogP contribution is 2.35. The number of nitrogens with one attached hydrogen (secondary N) is 2. The van der Waals surface area contributed by atoms with Gasteiger partial charge in [0.2, 0.25) is 5.78 Å². The molecule has 0 aliphatic carbocycles. The van der Waals surface area contributed by atoms with Crippen LogP contribution in [0.15, 0.2) is 114 Å². The molecule has 42 heavy (non-hydrogen) atoms. The Kier molecular flexibility index (Phi) is 8.05. The zero-order valence-electron chi connectivity index (χ0n) is 24.1. The number of methoxy groups -OCH3 is 1. The van der Waals surface area contributed by atoms with E-state index in [1.807, 2.05) is 72.8 Å². The van der Waals surface area contributed by atoms with Crippen molar-refractivity contribution in [1.82, 2.24) is 4.98 Å². The molecule has 7 heteroatoms. The molecule has 6 nitrogen and oxygen atoms in total. The van der Waals surface area contributed by atoms with Crippen molar-refractivity contribution in [2.24, 2.45) is 0 Å². The van der Waals surface area contributed by atoms with Crippen molar-refractivity contribution in [3.05, 3.63) is 126 Å². The molecule has 2 N–H and O–H groups in total. The number of aromatic nitrogens is 1. The third-order valence-corrected chi connectivity index (χ3v) is 8.54. The van der Waals surface area contributed by atoms with Crippen LogP contribution in [0.3, 0.4) is 0 Å². The number of H-pyrrole nitrogens is 1. The van der Waals surface area contributed by atoms with E-state index in [2.05, 4.69) is 30.5 Å². The van der Waals surface area contributed by atoms with Crippen LogP contribution in [0.1, 0.15) is 42.4 Å². The largest absolute Gasteiger partial charge is 0.497 e. The van der Waals surface area contributed by atoms with Gasteiger partial charge in [0.15, 0.2) is 0 Å². The molecule has 5 aromatic rings. The van der Waals surface area contributed by atoms with Crippen molar-refractivity contribution in [2.75, 3.05) is 11.8 Å². The van der Waals surface area contributed by atoms with Gasteiger partial charge >= 0.3 is 0 Å². The number of sulfonamides is 1. The lowest BCUT2D eigenvalue weighted by Crippen LogP contribution is -2.14. The molecule has 0 saturated heterocycles. The average Bonchev–Trinajstić information content (AvgIpc) is 3.36. The van der Waals surface area contributed by atoms with Crippen molar-refractivity contribution >= 4 is 32.4 Å². The molecule has 214 valence electrons. The van der Waals surface area contributed by atoms with Crippen molar-refractivity contribution in [3.63, 3.8) is 0 Å². The Morgan fingerprint density at radius 1 is 0.905 bits per heavy atom. The smallest absolute Gasteiger partial charge is 0.261 e. The number of ketones is 1. The molecule has 0 radical (unpaired) electrons. The normalized spacial score (nSPS) is 12.1. The van der Waals surface area contributed by atoms with Crippen molar-refractivity contribution in [1.29, 1.82) is 0 Å². The highest BCUT2D eigenvalue weighted by Gasteiger charge is 2.21. The number of hydrogen-bond acceptors (Lipinski definition) is 4. The lowest BCUT2D eigenvalue weighted by Gasteiger charge is -2.19. The van der Waals surface area contributed by atoms with E-state index in [0.717, 1.165) is 38.9 Å². The zero-order valence-corrected chi connectivity index (χ0v) is 25.0. The summed E-state index contributed by atoms with van der Waals surface area (Å²) in [6, 6.07) is 29.5. The van der Waals surface area contributed by atoms with Crippen LogP contribution in [-0.2, 0) is 21.9 Å². The summed E-state index contributed by atoms with van der Waals surface area (Å²) in [4.78, 5) is 16.9. The Balaban J connectivity index is 1.47. The second-order valence-electron chi connectivity index (χ2n) is 11.2. The van der Waals surface area contributed by atoms with Crippen LogP contribution in [0.25, 0.3) is 22.0 Å². The fraction of sp³-hybridized carbons (Fsp3) is 0.171. The van der Waals surface area contributed by atoms with E-state index < -0.39 is 10.0 Å². The van der Waals surface area contributed by atoms with Crippen LogP contribution < -0.4 is 9.46 Å². The van der Waals surface area contributed by atoms with Gasteiger partial charge in [0, 0.05) is 22.2 Å². The van der Waals surface area contributed by atoms with Gasteiger partial charge in [-0.05, 0) is 77.1 Å². The summed E-state index contributed by atoms with van der Waals surface area (Å²) in [7, 11) is -2.20. The van der Waals surface area contributed by atoms with E-state index in [-0.39, 0.29) is 16.1 Å². The first kappa shape index (κ1) is 28.9. The summed E-state index contributed by atoms with van der Waals surface area (Å²) in [5, 5.41) is 0.744. The Bertz CT molecular complexity index is 1860. The van der Waals surface area contributed by atoms with Gasteiger partial charge < -0.3 is 9.72 Å². The highest BCUT2D eigenvalue weighted by molar-refractivity contribution is 7.92. The number of aromatic amines is 1. The lowest BCUT2D eigenvalue weighted by molar-refractivity contribution is 0.104. The molecule has 0 aliphatic rings. The molecule has 1 aromatic heterocycles. The molecule has 1 heterocycles. The van der Waals surface area contributed by atoms with Gasteiger partial charge in [-0.1, -0.05) is 81.4 Å². The van der Waals surface area contributed by atoms with E-state index in [1.165, 1.54) is 0 Å². The Labute approximate surface area is 247 Å². The highest BCUT2D eigenvalue weighted by atomic mass is 32.2. The Morgan fingerprint density at radius 2 is 1.64 bits per heavy atom. The van der Waals surface area contributed by atoms with Crippen LogP contribution in [0.2, 0.25) is 0 Å². The van der Waals surface area contributed by atoms with Crippen LogP contribution in [0.5, 0.6) is 5.75 Å². The van der Waals surface area contributed by atoms with Crippen LogP contribution in [0, 0.1) is 0 Å². The molecule has 0 atom stereocenters. The fourth-order valence-corrected chi connectivity index (χ4v) is 5.93. The molecule has 0 spiro atoms. The third-order valence-electron chi connectivity index (χ3n) is 7.15. The van der Waals surface area contributed by atoms with E-state index >= 15 is 0 Å². The van der Waals surface area contributed by atoms with Crippen molar-refractivity contribution < 1.29 is 17.9 Å². The lowest BCUT2D eigenvalue weighted by atomic mass is 9.87. The molecule has 0 saturated carbocycles. The first-order valence-corrected chi connectivity index (χ1v) is 15.2. The summed E-state index contributed by atoms with van der Waals surface area (Å²) in [6.07, 6.45) is 3.98. The summed E-state index contributed by atoms with van der Waals surface area (Å²) in [5.41, 5.74) is 5.16. The van der Waals surface area contributed by atoms with Crippen LogP contribution in [0.4, 0.5) is 5.69 Å². The minimum atomic E-state index is -3.82. The second-order valence-corrected chi connectivity index (χ2v) is 12.9. The minimum absolute atomic E-state index is 0.0810. The number of rotatable bonds is 9. The molecule has 0 unspecified atom stereocenters. The van der Waals surface area contributed by atoms with Gasteiger partial charge in [0.25, 0.3) is 10.0 Å². The van der Waals surface area contributed by atoms with E-state index in [4.69, 9.17) is 4.74 Å². The number of carbonyl (C=O) groups excluding carboxylic acids is 1. The minimum Gasteiger partial charge on any atom is -0.497 e. The van der Waals surface area contributed by atoms with Gasteiger partial charge in [0.05, 0.1) is 17.7 Å². The maximum atomic E-state index is 13.5. The van der Waals surface area contributed by atoms with E-state index in [9.17, 15) is 13.2 Å². The topological polar surface area (TPSA) is 88.3 Å². The van der Waals surface area contributed by atoms with Gasteiger partial charge in [0.1, 0.15) is 5.75 Å². The molecule has 0 bridgehead atoms. The fourth-order valence-electron chi connectivity index (χ4n) is 4.88. The maximum Gasteiger partial charge on any atom is 0.261 e. The average molecular weight is 579 g/mol. The van der Waals surface area contributed by atoms with Crippen molar-refractivity contribution in [3.8, 4) is 16.9 Å². The molecular formula is C35H34N2O4S. The molecule has 0 amide bonds. The Hall–Kier alpha value is -4.62. The number of hydrogen-bond donors (Lipinski definition) is 2. The van der Waals surface area contributed by atoms with Gasteiger partial charge in [-0.3, -0.25) is 9.52 Å². The van der Waals surface area contributed by atoms with Gasteiger partial charge in [-0.25, -0.2) is 8.42 Å². The standard InChI is InChI=1S/C35H34N2O4S/c1-35(2,3)26-16-19-29(20-17-26)42(39,40)37-27-18-21-31-30(23-27)33(25-12-6-5-7-13-25)34(36-31)32(38)15-9-11-24-10-8-14-28(22-24)41-4/h5-10,12-23,36-37H,11H2,1-4H3/b15-9+. The maximum absolute atomic E-state index is 13.5. The first-order chi connectivity index (χ1) is 20.0. The third kappa shape index (κ3) is 6.31. The predicted octanol–water partition coefficient (Wildman–Crippen LogP) is 7.92. The molecular weight excluding hydrogens is 544 g/mol. The summed E-state index contributed by atoms with van der Waals surface area (Å²) < 4.78 is 34.5. The number of allylic oxidation sites excluding steroid dienone is 2. The quantitative estimate of drug-likeness (QED) is 0.137. The predicted molar refractivity (Wildman–Crippen MR) is 170 cm³/mol. The second kappa shape index (κ2) is 11.7. The molecule has 5 rings (SSSR count).